The highest BCUT2D eigenvalue weighted by atomic mass is 19.1. The van der Waals surface area contributed by atoms with Crippen molar-refractivity contribution in [1.29, 1.82) is 0 Å². The second-order valence-corrected chi connectivity index (χ2v) is 10.1. The normalized spacial score (nSPS) is 15.3. The van der Waals surface area contributed by atoms with Gasteiger partial charge in [0.15, 0.2) is 0 Å². The van der Waals surface area contributed by atoms with Gasteiger partial charge in [-0.1, -0.05) is 44.2 Å². The maximum absolute atomic E-state index is 13.5. The van der Waals surface area contributed by atoms with E-state index >= 15 is 0 Å². The minimum Gasteiger partial charge on any atom is -0.425 e. The summed E-state index contributed by atoms with van der Waals surface area (Å²) in [4.78, 5) is 32.0. The van der Waals surface area contributed by atoms with Gasteiger partial charge in [-0.2, -0.15) is 0 Å². The lowest BCUT2D eigenvalue weighted by atomic mass is 10.1. The molecule has 0 fully saturated rings. The molecule has 9 heteroatoms. The number of carbonyl (C=O) groups excluding carboxylic acids is 2. The van der Waals surface area contributed by atoms with E-state index in [1.54, 1.807) is 24.0 Å². The lowest BCUT2D eigenvalue weighted by Crippen LogP contribution is -2.38. The van der Waals surface area contributed by atoms with E-state index in [0.717, 1.165) is 29.8 Å². The summed E-state index contributed by atoms with van der Waals surface area (Å²) in [6.07, 6.45) is 1.39. The average molecular weight is 522 g/mol. The van der Waals surface area contributed by atoms with E-state index in [9.17, 15) is 14.0 Å². The van der Waals surface area contributed by atoms with E-state index in [4.69, 9.17) is 4.42 Å². The third-order valence-corrected chi connectivity index (χ3v) is 6.77. The average Bonchev–Trinajstić information content (AvgIpc) is 3.37. The number of benzene rings is 2. The molecule has 2 heterocycles. The first-order valence-electron chi connectivity index (χ1n) is 13.2. The number of rotatable bonds is 6. The van der Waals surface area contributed by atoms with E-state index in [-0.39, 0.29) is 30.0 Å². The summed E-state index contributed by atoms with van der Waals surface area (Å²) in [6.45, 7) is 9.07. The van der Waals surface area contributed by atoms with Gasteiger partial charge >= 0.3 is 0 Å². The Morgan fingerprint density at radius 1 is 1.00 bits per heavy atom. The summed E-state index contributed by atoms with van der Waals surface area (Å²) < 4.78 is 19.1. The number of hydrogen-bond acceptors (Lipinski definition) is 6. The predicted octanol–water partition coefficient (Wildman–Crippen LogP) is 4.55. The molecule has 2 amide bonds. The molecule has 1 aliphatic heterocycles. The van der Waals surface area contributed by atoms with Gasteiger partial charge in [0.05, 0.1) is 0 Å². The smallest absolute Gasteiger partial charge is 0.223 e. The molecule has 202 valence electrons. The van der Waals surface area contributed by atoms with Gasteiger partial charge < -0.3 is 14.2 Å². The van der Waals surface area contributed by atoms with Crippen LogP contribution in [0.1, 0.15) is 62.4 Å². The van der Waals surface area contributed by atoms with Gasteiger partial charge in [0.2, 0.25) is 23.6 Å². The zero-order chi connectivity index (χ0) is 27.1. The zero-order valence-electron chi connectivity index (χ0n) is 22.4. The highest BCUT2D eigenvalue weighted by Gasteiger charge is 2.23. The van der Waals surface area contributed by atoms with E-state index in [0.29, 0.717) is 50.9 Å². The van der Waals surface area contributed by atoms with Crippen LogP contribution in [0.5, 0.6) is 0 Å². The lowest BCUT2D eigenvalue weighted by Gasteiger charge is -2.28. The third kappa shape index (κ3) is 7.25. The Morgan fingerprint density at radius 2 is 1.76 bits per heavy atom. The Morgan fingerprint density at radius 3 is 2.47 bits per heavy atom. The van der Waals surface area contributed by atoms with Crippen LogP contribution in [0.3, 0.4) is 0 Å². The Hall–Kier alpha value is -3.59. The highest BCUT2D eigenvalue weighted by molar-refractivity contribution is 5.92. The van der Waals surface area contributed by atoms with Crippen molar-refractivity contribution in [3.63, 3.8) is 0 Å². The molecule has 8 nitrogen and oxygen atoms in total. The molecule has 3 aromatic rings. The molecule has 0 bridgehead atoms. The molecule has 0 atom stereocenters. The van der Waals surface area contributed by atoms with Crippen LogP contribution in [0.15, 0.2) is 52.9 Å². The molecule has 38 heavy (non-hydrogen) atoms. The van der Waals surface area contributed by atoms with Crippen LogP contribution in [0.4, 0.5) is 10.1 Å². The fourth-order valence-corrected chi connectivity index (χ4v) is 4.66. The minimum atomic E-state index is -0.264. The predicted molar refractivity (Wildman–Crippen MR) is 143 cm³/mol. The van der Waals surface area contributed by atoms with Gasteiger partial charge in [-0.15, -0.1) is 10.2 Å². The van der Waals surface area contributed by atoms with Crippen molar-refractivity contribution in [2.24, 2.45) is 0 Å². The van der Waals surface area contributed by atoms with Crippen LogP contribution < -0.4 is 4.90 Å². The summed E-state index contributed by atoms with van der Waals surface area (Å²) in [7, 11) is 0. The molecular weight excluding hydrogens is 485 g/mol. The fraction of sp³-hybridized carbons (Fsp3) is 0.448. The van der Waals surface area contributed by atoms with Crippen molar-refractivity contribution in [3.05, 3.63) is 77.3 Å². The quantitative estimate of drug-likeness (QED) is 0.473. The molecule has 1 aromatic heterocycles. The SMILES string of the molecule is CC(=O)N1CCCN(Cc2ccc(F)cc2)CCN(C(=O)CCc2nnc(C(C)C)o2)Cc2ccccc21. The summed E-state index contributed by atoms with van der Waals surface area (Å²) in [5, 5.41) is 8.16. The third-order valence-electron chi connectivity index (χ3n) is 6.77. The van der Waals surface area contributed by atoms with Crippen molar-refractivity contribution in [2.75, 3.05) is 31.1 Å². The van der Waals surface area contributed by atoms with Crippen molar-refractivity contribution in [2.45, 2.75) is 59.0 Å². The van der Waals surface area contributed by atoms with Gasteiger partial charge in [-0.05, 0) is 35.7 Å². The van der Waals surface area contributed by atoms with Crippen molar-refractivity contribution in [3.8, 4) is 0 Å². The maximum Gasteiger partial charge on any atom is 0.223 e. The summed E-state index contributed by atoms with van der Waals surface area (Å²) in [5.41, 5.74) is 2.77. The van der Waals surface area contributed by atoms with E-state index in [1.165, 1.54) is 12.1 Å². The van der Waals surface area contributed by atoms with Crippen LogP contribution in [-0.4, -0.2) is 58.0 Å². The van der Waals surface area contributed by atoms with E-state index in [2.05, 4.69) is 15.1 Å². The van der Waals surface area contributed by atoms with E-state index < -0.39 is 0 Å². The molecule has 0 aliphatic carbocycles. The molecule has 1 aliphatic rings. The van der Waals surface area contributed by atoms with Crippen LogP contribution in [0.2, 0.25) is 0 Å². The number of carbonyl (C=O) groups is 2. The monoisotopic (exact) mass is 521 g/mol. The number of anilines is 1. The number of aromatic nitrogens is 2. The topological polar surface area (TPSA) is 82.8 Å². The second kappa shape index (κ2) is 12.8. The van der Waals surface area contributed by atoms with Crippen molar-refractivity contribution < 1.29 is 18.4 Å². The number of fused-ring (bicyclic) bond motifs is 1. The molecular formula is C29H36FN5O3. The number of aryl methyl sites for hydroxylation is 1. The van der Waals surface area contributed by atoms with Crippen LogP contribution in [-0.2, 0) is 29.1 Å². The van der Waals surface area contributed by atoms with Gasteiger partial charge in [-0.25, -0.2) is 4.39 Å². The first-order valence-corrected chi connectivity index (χ1v) is 13.2. The van der Waals surface area contributed by atoms with Gasteiger partial charge in [0, 0.05) is 70.6 Å². The summed E-state index contributed by atoms with van der Waals surface area (Å²) in [5.74, 6) is 0.847. The van der Waals surface area contributed by atoms with E-state index in [1.807, 2.05) is 43.0 Å². The fourth-order valence-electron chi connectivity index (χ4n) is 4.66. The maximum atomic E-state index is 13.5. The number of para-hydroxylation sites is 1. The molecule has 0 spiro atoms. The molecule has 0 unspecified atom stereocenters. The lowest BCUT2D eigenvalue weighted by molar-refractivity contribution is -0.132. The van der Waals surface area contributed by atoms with Crippen molar-refractivity contribution >= 4 is 17.5 Å². The van der Waals surface area contributed by atoms with Crippen LogP contribution >= 0.6 is 0 Å². The molecule has 0 N–H and O–H groups in total. The number of nitrogens with zero attached hydrogens (tertiary/aromatic N) is 5. The molecule has 0 radical (unpaired) electrons. The van der Waals surface area contributed by atoms with Crippen LogP contribution in [0.25, 0.3) is 0 Å². The largest absolute Gasteiger partial charge is 0.425 e. The standard InChI is InChI=1S/C29H36FN5O3/c1-21(2)29-32-31-27(38-29)13-14-28(37)34-18-17-33(19-23-9-11-25(30)12-10-23)15-6-16-35(22(3)36)26-8-5-4-7-24(26)20-34/h4-5,7-12,21H,6,13-20H2,1-3H3. The number of hydrogen-bond donors (Lipinski definition) is 0. The zero-order valence-corrected chi connectivity index (χ0v) is 22.4. The van der Waals surface area contributed by atoms with Gasteiger partial charge in [0.25, 0.3) is 0 Å². The number of amides is 2. The molecule has 2 aromatic carbocycles. The van der Waals surface area contributed by atoms with Crippen LogP contribution in [0, 0.1) is 5.82 Å². The Labute approximate surface area is 223 Å². The minimum absolute atomic E-state index is 0.0144. The second-order valence-electron chi connectivity index (χ2n) is 10.1. The van der Waals surface area contributed by atoms with Crippen molar-refractivity contribution in [1.82, 2.24) is 20.0 Å². The first kappa shape index (κ1) is 27.4. The summed E-state index contributed by atoms with van der Waals surface area (Å²) >= 11 is 0. The molecule has 4 rings (SSSR count). The Bertz CT molecular complexity index is 1230. The number of halogens is 1. The molecule has 0 saturated carbocycles. The Kier molecular flexibility index (Phi) is 9.23. The highest BCUT2D eigenvalue weighted by Crippen LogP contribution is 2.24. The van der Waals surface area contributed by atoms with Gasteiger partial charge in [-0.3, -0.25) is 14.5 Å². The van der Waals surface area contributed by atoms with Gasteiger partial charge in [0.1, 0.15) is 5.82 Å². The first-order chi connectivity index (χ1) is 18.3. The summed E-state index contributed by atoms with van der Waals surface area (Å²) in [6, 6.07) is 14.3. The Balaban J connectivity index is 1.55. The molecule has 0 saturated heterocycles.